The molecule has 0 spiro atoms. The van der Waals surface area contributed by atoms with E-state index in [-0.39, 0.29) is 17.2 Å². The zero-order valence-corrected chi connectivity index (χ0v) is 12.1. The van der Waals surface area contributed by atoms with Crippen molar-refractivity contribution in [2.45, 2.75) is 6.92 Å². The van der Waals surface area contributed by atoms with Crippen molar-refractivity contribution in [2.75, 3.05) is 0 Å². The van der Waals surface area contributed by atoms with Crippen LogP contribution >= 0.6 is 0 Å². The number of primary amides is 1. The quantitative estimate of drug-likeness (QED) is 0.757. The normalized spacial score (nSPS) is 11.3. The molecule has 22 heavy (non-hydrogen) atoms. The van der Waals surface area contributed by atoms with Gasteiger partial charge in [0.15, 0.2) is 0 Å². The van der Waals surface area contributed by atoms with Gasteiger partial charge in [-0.15, -0.1) is 0 Å². The lowest BCUT2D eigenvalue weighted by Crippen LogP contribution is -2.16. The molecule has 0 saturated heterocycles. The van der Waals surface area contributed by atoms with Crippen LogP contribution in [-0.2, 0) is 0 Å². The number of aryl methyl sites for hydroxylation is 1. The zero-order chi connectivity index (χ0) is 16.3. The molecule has 1 amide bonds. The number of carbonyl (C=O) groups is 1. The highest BCUT2D eigenvalue weighted by molar-refractivity contribution is 6.11. The molecule has 0 unspecified atom stereocenters. The average Bonchev–Trinajstić information content (AvgIpc) is 2.47. The third-order valence-electron chi connectivity index (χ3n) is 3.28. The summed E-state index contributed by atoms with van der Waals surface area (Å²) in [5.41, 5.74) is 13.9. The molecule has 0 heterocycles. The Kier molecular flexibility index (Phi) is 4.36. The maximum atomic E-state index is 12.9. The summed E-state index contributed by atoms with van der Waals surface area (Å²) in [6.07, 6.45) is 1.43. The van der Waals surface area contributed by atoms with Gasteiger partial charge in [0.2, 0.25) is 5.91 Å². The predicted octanol–water partition coefficient (Wildman–Crippen LogP) is 2.60. The van der Waals surface area contributed by atoms with Gasteiger partial charge in [-0.25, -0.2) is 4.39 Å². The fraction of sp³-hybridized carbons (Fsp3) is 0.0588. The standard InChI is InChI=1S/C17H16FN3O/c1-10-3-2-4-13(17(21)22)16(10)15(20)9-14(19)11-5-7-12(18)8-6-11/h2-9,19H,20H2,1H3,(H2,21,22). The molecule has 2 aromatic carbocycles. The van der Waals surface area contributed by atoms with Crippen LogP contribution in [0.25, 0.3) is 5.70 Å². The van der Waals surface area contributed by atoms with Crippen molar-refractivity contribution in [3.05, 3.63) is 76.6 Å². The van der Waals surface area contributed by atoms with Crippen molar-refractivity contribution in [2.24, 2.45) is 11.5 Å². The average molecular weight is 297 g/mol. The molecule has 0 fully saturated rings. The summed E-state index contributed by atoms with van der Waals surface area (Å²) in [4.78, 5) is 11.5. The van der Waals surface area contributed by atoms with Crippen molar-refractivity contribution >= 4 is 17.3 Å². The fourth-order valence-corrected chi connectivity index (χ4v) is 2.20. The fourth-order valence-electron chi connectivity index (χ4n) is 2.20. The van der Waals surface area contributed by atoms with E-state index in [1.165, 1.54) is 30.3 Å². The molecule has 2 aromatic rings. The van der Waals surface area contributed by atoms with Crippen LogP contribution in [0.2, 0.25) is 0 Å². The number of nitrogens with two attached hydrogens (primary N) is 2. The Morgan fingerprint density at radius 3 is 2.36 bits per heavy atom. The minimum Gasteiger partial charge on any atom is -0.398 e. The molecule has 4 nitrogen and oxygen atoms in total. The number of hydrogen-bond donors (Lipinski definition) is 3. The van der Waals surface area contributed by atoms with E-state index < -0.39 is 5.91 Å². The van der Waals surface area contributed by atoms with Crippen LogP contribution in [0.5, 0.6) is 0 Å². The second kappa shape index (κ2) is 6.22. The van der Waals surface area contributed by atoms with Gasteiger partial charge in [-0.05, 0) is 54.5 Å². The molecule has 0 aliphatic heterocycles. The molecule has 0 bridgehead atoms. The molecule has 2 rings (SSSR count). The topological polar surface area (TPSA) is 93.0 Å². The first-order valence-corrected chi connectivity index (χ1v) is 6.61. The number of benzene rings is 2. The van der Waals surface area contributed by atoms with Gasteiger partial charge in [0, 0.05) is 16.8 Å². The maximum absolute atomic E-state index is 12.9. The Balaban J connectivity index is 2.43. The molecule has 0 aromatic heterocycles. The van der Waals surface area contributed by atoms with Gasteiger partial charge in [0.05, 0.1) is 5.71 Å². The highest BCUT2D eigenvalue weighted by Crippen LogP contribution is 2.20. The highest BCUT2D eigenvalue weighted by Gasteiger charge is 2.13. The number of rotatable bonds is 4. The lowest BCUT2D eigenvalue weighted by molar-refractivity contribution is 0.1000. The molecule has 0 radical (unpaired) electrons. The van der Waals surface area contributed by atoms with E-state index in [1.54, 1.807) is 12.1 Å². The van der Waals surface area contributed by atoms with Crippen molar-refractivity contribution in [1.82, 2.24) is 0 Å². The summed E-state index contributed by atoms with van der Waals surface area (Å²) in [5.74, 6) is -0.952. The summed E-state index contributed by atoms with van der Waals surface area (Å²) in [6, 6.07) is 10.7. The minimum absolute atomic E-state index is 0.121. The summed E-state index contributed by atoms with van der Waals surface area (Å²) in [5, 5.41) is 8.03. The lowest BCUT2D eigenvalue weighted by Gasteiger charge is -2.11. The van der Waals surface area contributed by atoms with Gasteiger partial charge in [0.25, 0.3) is 0 Å². The first kappa shape index (κ1) is 15.4. The SMILES string of the molecule is Cc1cccc(C(N)=O)c1C(N)=CC(=N)c1ccc(F)cc1. The van der Waals surface area contributed by atoms with E-state index in [9.17, 15) is 9.18 Å². The third-order valence-corrected chi connectivity index (χ3v) is 3.28. The molecule has 112 valence electrons. The molecule has 5 N–H and O–H groups in total. The first-order valence-electron chi connectivity index (χ1n) is 6.61. The number of carbonyl (C=O) groups excluding carboxylic acids is 1. The summed E-state index contributed by atoms with van der Waals surface area (Å²) in [6.45, 7) is 1.81. The Labute approximate surface area is 127 Å². The lowest BCUT2D eigenvalue weighted by atomic mass is 9.97. The molecule has 0 aliphatic carbocycles. The molecule has 0 aliphatic rings. The van der Waals surface area contributed by atoms with Gasteiger partial charge in [-0.2, -0.15) is 0 Å². The van der Waals surface area contributed by atoms with E-state index in [0.29, 0.717) is 16.7 Å². The summed E-state index contributed by atoms with van der Waals surface area (Å²) < 4.78 is 12.9. The molecular weight excluding hydrogens is 281 g/mol. The Morgan fingerprint density at radius 1 is 1.14 bits per heavy atom. The maximum Gasteiger partial charge on any atom is 0.249 e. The Morgan fingerprint density at radius 2 is 1.77 bits per heavy atom. The van der Waals surface area contributed by atoms with Crippen LogP contribution < -0.4 is 11.5 Å². The van der Waals surface area contributed by atoms with Gasteiger partial charge in [-0.3, -0.25) is 4.79 Å². The van der Waals surface area contributed by atoms with E-state index in [2.05, 4.69) is 0 Å². The summed E-state index contributed by atoms with van der Waals surface area (Å²) >= 11 is 0. The number of halogens is 1. The van der Waals surface area contributed by atoms with E-state index in [0.717, 1.165) is 5.56 Å². The number of allylic oxidation sites excluding steroid dienone is 1. The minimum atomic E-state index is -0.580. The number of hydrogen-bond acceptors (Lipinski definition) is 3. The highest BCUT2D eigenvalue weighted by atomic mass is 19.1. The Hall–Kier alpha value is -2.95. The molecule has 5 heteroatoms. The molecule has 0 atom stereocenters. The van der Waals surface area contributed by atoms with Gasteiger partial charge in [0.1, 0.15) is 5.82 Å². The van der Waals surface area contributed by atoms with Crippen LogP contribution in [0.3, 0.4) is 0 Å². The van der Waals surface area contributed by atoms with Crippen molar-refractivity contribution in [3.63, 3.8) is 0 Å². The first-order chi connectivity index (χ1) is 10.4. The molecular formula is C17H16FN3O. The zero-order valence-electron chi connectivity index (χ0n) is 12.1. The Bertz CT molecular complexity index is 764. The van der Waals surface area contributed by atoms with Crippen LogP contribution in [0.1, 0.15) is 27.0 Å². The van der Waals surface area contributed by atoms with Crippen LogP contribution in [0, 0.1) is 18.2 Å². The second-order valence-corrected chi connectivity index (χ2v) is 4.88. The predicted molar refractivity (Wildman–Crippen MR) is 85.1 cm³/mol. The van der Waals surface area contributed by atoms with Crippen molar-refractivity contribution in [1.29, 1.82) is 5.41 Å². The molecule has 0 saturated carbocycles. The van der Waals surface area contributed by atoms with E-state index >= 15 is 0 Å². The van der Waals surface area contributed by atoms with Crippen LogP contribution in [0.15, 0.2) is 48.5 Å². The van der Waals surface area contributed by atoms with Crippen LogP contribution in [0.4, 0.5) is 4.39 Å². The second-order valence-electron chi connectivity index (χ2n) is 4.88. The summed E-state index contributed by atoms with van der Waals surface area (Å²) in [7, 11) is 0. The van der Waals surface area contributed by atoms with Crippen LogP contribution in [-0.4, -0.2) is 11.6 Å². The monoisotopic (exact) mass is 297 g/mol. The van der Waals surface area contributed by atoms with E-state index in [1.807, 2.05) is 13.0 Å². The van der Waals surface area contributed by atoms with Gasteiger partial charge < -0.3 is 16.9 Å². The largest absolute Gasteiger partial charge is 0.398 e. The van der Waals surface area contributed by atoms with Crippen molar-refractivity contribution < 1.29 is 9.18 Å². The number of amides is 1. The van der Waals surface area contributed by atoms with Gasteiger partial charge >= 0.3 is 0 Å². The third kappa shape index (κ3) is 3.20. The smallest absolute Gasteiger partial charge is 0.249 e. The van der Waals surface area contributed by atoms with Gasteiger partial charge in [-0.1, -0.05) is 12.1 Å². The van der Waals surface area contributed by atoms with E-state index in [4.69, 9.17) is 16.9 Å². The van der Waals surface area contributed by atoms with Crippen molar-refractivity contribution in [3.8, 4) is 0 Å². The number of nitrogens with one attached hydrogen (secondary N) is 1.